The van der Waals surface area contributed by atoms with E-state index in [4.69, 9.17) is 10.5 Å². The molecule has 7 nitrogen and oxygen atoms in total. The maximum Gasteiger partial charge on any atom is 0.242 e. The Morgan fingerprint density at radius 1 is 1.39 bits per heavy atom. The number of nitrogens with one attached hydrogen (secondary N) is 1. The van der Waals surface area contributed by atoms with E-state index in [1.165, 1.54) is 27.3 Å². The predicted molar refractivity (Wildman–Crippen MR) is 91.0 cm³/mol. The number of hydrogen-bond acceptors (Lipinski definition) is 5. The largest absolute Gasteiger partial charge is 0.383 e. The summed E-state index contributed by atoms with van der Waals surface area (Å²) >= 11 is 0. The Labute approximate surface area is 143 Å². The van der Waals surface area contributed by atoms with Crippen molar-refractivity contribution in [3.05, 3.63) is 29.8 Å². The number of rotatable bonds is 7. The van der Waals surface area contributed by atoms with E-state index in [0.29, 0.717) is 5.56 Å². The fourth-order valence-corrected chi connectivity index (χ4v) is 2.77. The molecule has 9 heteroatoms. The molecule has 2 atom stereocenters. The highest BCUT2D eigenvalue weighted by Crippen LogP contribution is 2.19. The van der Waals surface area contributed by atoms with Crippen molar-refractivity contribution < 1.29 is 17.9 Å². The van der Waals surface area contributed by atoms with Gasteiger partial charge in [-0.2, -0.15) is 0 Å². The van der Waals surface area contributed by atoms with E-state index in [0.717, 1.165) is 4.31 Å². The molecule has 0 saturated carbocycles. The summed E-state index contributed by atoms with van der Waals surface area (Å²) in [7, 11) is 0.892. The first-order chi connectivity index (χ1) is 10.2. The third-order valence-electron chi connectivity index (χ3n) is 3.18. The molecule has 132 valence electrons. The zero-order valence-electron chi connectivity index (χ0n) is 13.6. The van der Waals surface area contributed by atoms with Crippen LogP contribution in [0.5, 0.6) is 0 Å². The molecule has 0 aliphatic heterocycles. The lowest BCUT2D eigenvalue weighted by molar-refractivity contribution is -0.124. The average molecular weight is 366 g/mol. The fraction of sp³-hybridized carbons (Fsp3) is 0.500. The Kier molecular flexibility index (Phi) is 8.71. The summed E-state index contributed by atoms with van der Waals surface area (Å²) in [4.78, 5) is 12.0. The smallest absolute Gasteiger partial charge is 0.242 e. The summed E-state index contributed by atoms with van der Waals surface area (Å²) in [5, 5.41) is 2.74. The molecule has 0 saturated heterocycles. The lowest BCUT2D eigenvalue weighted by Crippen LogP contribution is -2.44. The second-order valence-corrected chi connectivity index (χ2v) is 7.30. The molecular formula is C14H24ClN3O4S. The second-order valence-electron chi connectivity index (χ2n) is 5.15. The van der Waals surface area contributed by atoms with Gasteiger partial charge in [-0.25, -0.2) is 12.7 Å². The molecule has 1 aromatic carbocycles. The monoisotopic (exact) mass is 365 g/mol. The zero-order chi connectivity index (χ0) is 16.9. The van der Waals surface area contributed by atoms with E-state index in [-0.39, 0.29) is 35.9 Å². The number of carbonyl (C=O) groups is 1. The van der Waals surface area contributed by atoms with Gasteiger partial charge in [-0.1, -0.05) is 12.1 Å². The number of halogens is 1. The van der Waals surface area contributed by atoms with Gasteiger partial charge >= 0.3 is 0 Å². The van der Waals surface area contributed by atoms with Gasteiger partial charge in [0.2, 0.25) is 15.9 Å². The fourth-order valence-electron chi connectivity index (χ4n) is 1.81. The Balaban J connectivity index is 0.00000484. The normalized spacial score (nSPS) is 14.0. The summed E-state index contributed by atoms with van der Waals surface area (Å²) in [5.74, 6) is -0.352. The minimum absolute atomic E-state index is 0. The van der Waals surface area contributed by atoms with Crippen LogP contribution in [0, 0.1) is 0 Å². The van der Waals surface area contributed by atoms with Crippen molar-refractivity contribution in [3.8, 4) is 0 Å². The van der Waals surface area contributed by atoms with Crippen molar-refractivity contribution in [2.75, 3.05) is 27.8 Å². The SMILES string of the molecule is COCC(N)C(=O)NC(C)c1cccc(S(=O)(=O)N(C)C)c1.Cl. The summed E-state index contributed by atoms with van der Waals surface area (Å²) in [6.07, 6.45) is 0. The molecule has 1 amide bonds. The maximum absolute atomic E-state index is 12.1. The number of nitrogens with zero attached hydrogens (tertiary/aromatic N) is 1. The number of benzene rings is 1. The first-order valence-corrected chi connectivity index (χ1v) is 8.21. The molecule has 2 unspecified atom stereocenters. The van der Waals surface area contributed by atoms with Crippen molar-refractivity contribution in [1.82, 2.24) is 9.62 Å². The Bertz CT molecular complexity index is 622. The number of nitrogens with two attached hydrogens (primary N) is 1. The van der Waals surface area contributed by atoms with E-state index < -0.39 is 16.1 Å². The van der Waals surface area contributed by atoms with Crippen LogP contribution in [0.15, 0.2) is 29.2 Å². The van der Waals surface area contributed by atoms with Crippen LogP contribution in [0.4, 0.5) is 0 Å². The molecule has 0 aliphatic carbocycles. The third-order valence-corrected chi connectivity index (χ3v) is 4.99. The first kappa shape index (κ1) is 21.8. The predicted octanol–water partition coefficient (Wildman–Crippen LogP) is 0.510. The van der Waals surface area contributed by atoms with E-state index in [9.17, 15) is 13.2 Å². The molecule has 0 bridgehead atoms. The third kappa shape index (κ3) is 5.74. The summed E-state index contributed by atoms with van der Waals surface area (Å²) in [6.45, 7) is 1.88. The van der Waals surface area contributed by atoms with Crippen LogP contribution in [-0.2, 0) is 19.6 Å². The van der Waals surface area contributed by atoms with Gasteiger partial charge in [0, 0.05) is 21.2 Å². The molecule has 1 aromatic rings. The van der Waals surface area contributed by atoms with Gasteiger partial charge in [-0.15, -0.1) is 12.4 Å². The van der Waals surface area contributed by atoms with Gasteiger partial charge in [-0.3, -0.25) is 4.79 Å². The standard InChI is InChI=1S/C14H23N3O4S.ClH/c1-10(16-14(18)13(15)9-21-4)11-6-5-7-12(8-11)22(19,20)17(2)3;/h5-8,10,13H,9,15H2,1-4H3,(H,16,18);1H. The first-order valence-electron chi connectivity index (χ1n) is 6.77. The molecule has 0 aliphatic rings. The zero-order valence-corrected chi connectivity index (χ0v) is 15.3. The highest BCUT2D eigenvalue weighted by Gasteiger charge is 2.20. The minimum atomic E-state index is -3.51. The van der Waals surface area contributed by atoms with Gasteiger partial charge in [0.1, 0.15) is 6.04 Å². The van der Waals surface area contributed by atoms with Crippen molar-refractivity contribution in [3.63, 3.8) is 0 Å². The summed E-state index contributed by atoms with van der Waals surface area (Å²) in [5.41, 5.74) is 6.33. The van der Waals surface area contributed by atoms with Gasteiger partial charge in [-0.05, 0) is 24.6 Å². The molecule has 0 radical (unpaired) electrons. The number of hydrogen-bond donors (Lipinski definition) is 2. The number of carbonyl (C=O) groups excluding carboxylic acids is 1. The van der Waals surface area contributed by atoms with Crippen LogP contribution >= 0.6 is 12.4 Å². The lowest BCUT2D eigenvalue weighted by atomic mass is 10.1. The van der Waals surface area contributed by atoms with Crippen LogP contribution in [0.25, 0.3) is 0 Å². The highest BCUT2D eigenvalue weighted by atomic mass is 35.5. The van der Waals surface area contributed by atoms with E-state index in [2.05, 4.69) is 5.32 Å². The van der Waals surface area contributed by atoms with Gasteiger partial charge in [0.05, 0.1) is 17.5 Å². The van der Waals surface area contributed by atoms with Gasteiger partial charge in [0.15, 0.2) is 0 Å². The van der Waals surface area contributed by atoms with Crippen molar-refractivity contribution in [2.24, 2.45) is 5.73 Å². The number of methoxy groups -OCH3 is 1. The number of ether oxygens (including phenoxy) is 1. The quantitative estimate of drug-likeness (QED) is 0.733. The van der Waals surface area contributed by atoms with Crippen LogP contribution in [0.3, 0.4) is 0 Å². The van der Waals surface area contributed by atoms with Gasteiger partial charge < -0.3 is 15.8 Å². The Morgan fingerprint density at radius 3 is 2.52 bits per heavy atom. The molecule has 1 rings (SSSR count). The summed E-state index contributed by atoms with van der Waals surface area (Å²) in [6, 6.07) is 5.32. The van der Waals surface area contributed by atoms with Crippen molar-refractivity contribution >= 4 is 28.3 Å². The van der Waals surface area contributed by atoms with Gasteiger partial charge in [0.25, 0.3) is 0 Å². The summed E-state index contributed by atoms with van der Waals surface area (Å²) < 4.78 is 30.2. The van der Waals surface area contributed by atoms with Crippen LogP contribution in [-0.4, -0.2) is 52.5 Å². The molecule has 0 spiro atoms. The van der Waals surface area contributed by atoms with Crippen LogP contribution < -0.4 is 11.1 Å². The number of amides is 1. The average Bonchev–Trinajstić information content (AvgIpc) is 2.47. The lowest BCUT2D eigenvalue weighted by Gasteiger charge is -2.19. The van der Waals surface area contributed by atoms with E-state index in [1.807, 2.05) is 0 Å². The topological polar surface area (TPSA) is 102 Å². The number of sulfonamides is 1. The molecule has 0 aromatic heterocycles. The Morgan fingerprint density at radius 2 is 2.00 bits per heavy atom. The maximum atomic E-state index is 12.1. The van der Waals surface area contributed by atoms with E-state index >= 15 is 0 Å². The van der Waals surface area contributed by atoms with Crippen LogP contribution in [0.1, 0.15) is 18.5 Å². The molecule has 3 N–H and O–H groups in total. The highest BCUT2D eigenvalue weighted by molar-refractivity contribution is 7.89. The molecule has 0 heterocycles. The molecular weight excluding hydrogens is 342 g/mol. The van der Waals surface area contributed by atoms with Crippen molar-refractivity contribution in [2.45, 2.75) is 23.9 Å². The molecule has 23 heavy (non-hydrogen) atoms. The second kappa shape index (κ2) is 9.19. The Hall–Kier alpha value is -1.19. The van der Waals surface area contributed by atoms with Crippen LogP contribution in [0.2, 0.25) is 0 Å². The van der Waals surface area contributed by atoms with Crippen molar-refractivity contribution in [1.29, 1.82) is 0 Å². The minimum Gasteiger partial charge on any atom is -0.383 e. The van der Waals surface area contributed by atoms with E-state index in [1.54, 1.807) is 25.1 Å². The molecule has 0 fully saturated rings.